The molecule has 0 aliphatic carbocycles. The number of rotatable bonds is 1. The average Bonchev–Trinajstić information content (AvgIpc) is 2.91. The Morgan fingerprint density at radius 2 is 2.00 bits per heavy atom. The van der Waals surface area contributed by atoms with Gasteiger partial charge in [-0.2, -0.15) is 0 Å². The van der Waals surface area contributed by atoms with E-state index in [0.717, 1.165) is 6.08 Å². The summed E-state index contributed by atoms with van der Waals surface area (Å²) >= 11 is 0. The van der Waals surface area contributed by atoms with Crippen LogP contribution in [0.15, 0.2) is 18.2 Å². The molecule has 0 saturated carbocycles. The van der Waals surface area contributed by atoms with Gasteiger partial charge in [-0.3, -0.25) is 0 Å². The summed E-state index contributed by atoms with van der Waals surface area (Å²) in [4.78, 5) is 22.8. The molecule has 6 heteroatoms. The lowest BCUT2D eigenvalue weighted by molar-refractivity contribution is -0.135. The highest BCUT2D eigenvalue weighted by Gasteiger charge is 2.31. The molecule has 0 radical (unpaired) electrons. The van der Waals surface area contributed by atoms with Crippen molar-refractivity contribution in [2.24, 2.45) is 0 Å². The highest BCUT2D eigenvalue weighted by Crippen LogP contribution is 2.44. The van der Waals surface area contributed by atoms with Crippen LogP contribution in [0.1, 0.15) is 5.56 Å². The Bertz CT molecular complexity index is 586. The fourth-order valence-electron chi connectivity index (χ4n) is 1.80. The first kappa shape index (κ1) is 10.6. The lowest BCUT2D eigenvalue weighted by Gasteiger charge is -1.99. The third-order valence-corrected chi connectivity index (χ3v) is 2.65. The van der Waals surface area contributed by atoms with Crippen molar-refractivity contribution < 1.29 is 28.5 Å². The molecule has 2 heterocycles. The summed E-state index contributed by atoms with van der Waals surface area (Å²) in [6.07, 6.45) is 1.09. The van der Waals surface area contributed by atoms with E-state index in [-0.39, 0.29) is 12.4 Å². The number of carbonyl (C=O) groups excluding carboxylic acids is 2. The van der Waals surface area contributed by atoms with Crippen molar-refractivity contribution in [1.29, 1.82) is 0 Å². The molecule has 2 aliphatic heterocycles. The molecule has 0 unspecified atom stereocenters. The van der Waals surface area contributed by atoms with Crippen LogP contribution in [0.5, 0.6) is 17.2 Å². The Labute approximate surface area is 102 Å². The summed E-state index contributed by atoms with van der Waals surface area (Å²) < 4.78 is 19.9. The molecular formula is C12H8O6. The Balaban J connectivity index is 2.10. The molecule has 0 spiro atoms. The molecule has 2 aliphatic rings. The van der Waals surface area contributed by atoms with Gasteiger partial charge in [-0.1, -0.05) is 0 Å². The lowest BCUT2D eigenvalue weighted by Crippen LogP contribution is -2.04. The minimum atomic E-state index is -0.618. The first-order chi connectivity index (χ1) is 8.69. The number of esters is 2. The molecule has 6 nitrogen and oxygen atoms in total. The van der Waals surface area contributed by atoms with E-state index in [4.69, 9.17) is 14.2 Å². The van der Waals surface area contributed by atoms with Crippen LogP contribution in [0.2, 0.25) is 0 Å². The number of fused-ring (bicyclic) bond motifs is 2. The first-order valence-corrected chi connectivity index (χ1v) is 5.15. The molecule has 0 aromatic heterocycles. The van der Waals surface area contributed by atoms with Crippen LogP contribution in [-0.2, 0) is 14.3 Å². The molecule has 1 aromatic carbocycles. The van der Waals surface area contributed by atoms with Gasteiger partial charge in [-0.15, -0.1) is 0 Å². The van der Waals surface area contributed by atoms with E-state index in [1.807, 2.05) is 0 Å². The molecule has 0 fully saturated rings. The normalized spacial score (nSPS) is 17.6. The van der Waals surface area contributed by atoms with Crippen LogP contribution in [0, 0.1) is 0 Å². The molecule has 18 heavy (non-hydrogen) atoms. The summed E-state index contributed by atoms with van der Waals surface area (Å²) in [5, 5.41) is 0. The summed E-state index contributed by atoms with van der Waals surface area (Å²) in [6, 6.07) is 3.17. The van der Waals surface area contributed by atoms with Crippen molar-refractivity contribution in [2.75, 3.05) is 13.9 Å². The van der Waals surface area contributed by atoms with Gasteiger partial charge in [0.25, 0.3) is 0 Å². The van der Waals surface area contributed by atoms with Crippen molar-refractivity contribution >= 4 is 17.5 Å². The molecule has 0 amide bonds. The largest absolute Gasteiger partial charge is 0.466 e. The van der Waals surface area contributed by atoms with Crippen LogP contribution < -0.4 is 14.2 Å². The van der Waals surface area contributed by atoms with Crippen molar-refractivity contribution in [3.8, 4) is 17.2 Å². The van der Waals surface area contributed by atoms with Crippen LogP contribution >= 0.6 is 0 Å². The quantitative estimate of drug-likeness (QED) is 0.417. The Morgan fingerprint density at radius 3 is 2.72 bits per heavy atom. The second-order valence-electron chi connectivity index (χ2n) is 3.67. The van der Waals surface area contributed by atoms with Crippen LogP contribution in [0.4, 0.5) is 0 Å². The topological polar surface area (TPSA) is 71.1 Å². The zero-order valence-corrected chi connectivity index (χ0v) is 9.39. The predicted molar refractivity (Wildman–Crippen MR) is 58.2 cm³/mol. The highest BCUT2D eigenvalue weighted by atomic mass is 16.7. The number of methoxy groups -OCH3 is 1. The van der Waals surface area contributed by atoms with Gasteiger partial charge in [-0.05, 0) is 6.07 Å². The Kier molecular flexibility index (Phi) is 2.22. The summed E-state index contributed by atoms with van der Waals surface area (Å²) in [5.74, 6) is 0.162. The molecular weight excluding hydrogens is 240 g/mol. The summed E-state index contributed by atoms with van der Waals surface area (Å²) in [5.41, 5.74) is 0.643. The number of hydrogen-bond acceptors (Lipinski definition) is 6. The van der Waals surface area contributed by atoms with E-state index in [2.05, 4.69) is 4.74 Å². The lowest BCUT2D eigenvalue weighted by atomic mass is 10.1. The van der Waals surface area contributed by atoms with E-state index < -0.39 is 11.9 Å². The Morgan fingerprint density at radius 1 is 1.28 bits per heavy atom. The van der Waals surface area contributed by atoms with E-state index in [1.54, 1.807) is 12.1 Å². The third kappa shape index (κ3) is 1.50. The fourth-order valence-corrected chi connectivity index (χ4v) is 1.80. The van der Waals surface area contributed by atoms with Gasteiger partial charge in [0.15, 0.2) is 11.5 Å². The number of ether oxygens (including phenoxy) is 4. The second kappa shape index (κ2) is 3.76. The summed E-state index contributed by atoms with van der Waals surface area (Å²) in [7, 11) is 1.24. The molecule has 1 aromatic rings. The van der Waals surface area contributed by atoms with Crippen molar-refractivity contribution in [2.45, 2.75) is 0 Å². The van der Waals surface area contributed by atoms with Gasteiger partial charge in [0, 0.05) is 17.7 Å². The number of benzene rings is 1. The van der Waals surface area contributed by atoms with Crippen LogP contribution in [-0.4, -0.2) is 25.8 Å². The number of hydrogen-bond donors (Lipinski definition) is 0. The molecule has 0 atom stereocenters. The molecule has 3 rings (SSSR count). The first-order valence-electron chi connectivity index (χ1n) is 5.15. The molecule has 92 valence electrons. The van der Waals surface area contributed by atoms with Gasteiger partial charge in [0.05, 0.1) is 12.7 Å². The minimum Gasteiger partial charge on any atom is -0.466 e. The van der Waals surface area contributed by atoms with E-state index in [9.17, 15) is 9.59 Å². The van der Waals surface area contributed by atoms with Gasteiger partial charge in [0.2, 0.25) is 6.79 Å². The maximum absolute atomic E-state index is 11.6. The van der Waals surface area contributed by atoms with E-state index >= 15 is 0 Å². The highest BCUT2D eigenvalue weighted by molar-refractivity contribution is 6.24. The second-order valence-corrected chi connectivity index (χ2v) is 3.67. The fraction of sp³-hybridized carbons (Fsp3) is 0.167. The van der Waals surface area contributed by atoms with Gasteiger partial charge < -0.3 is 18.9 Å². The van der Waals surface area contributed by atoms with E-state index in [0.29, 0.717) is 22.8 Å². The van der Waals surface area contributed by atoms with Gasteiger partial charge in [-0.25, -0.2) is 9.59 Å². The van der Waals surface area contributed by atoms with Crippen molar-refractivity contribution in [1.82, 2.24) is 0 Å². The number of carbonyl (C=O) groups is 2. The van der Waals surface area contributed by atoms with Gasteiger partial charge >= 0.3 is 11.9 Å². The molecule has 0 saturated heterocycles. The third-order valence-electron chi connectivity index (χ3n) is 2.65. The maximum Gasteiger partial charge on any atom is 0.344 e. The SMILES string of the molecule is COC(=O)/C=C1/C(=O)Oc2cc3c(cc21)OCO3. The van der Waals surface area contributed by atoms with Gasteiger partial charge in [0.1, 0.15) is 5.75 Å². The summed E-state index contributed by atoms with van der Waals surface area (Å²) in [6.45, 7) is 0.127. The Hall–Kier alpha value is -2.50. The minimum absolute atomic E-state index is 0.127. The predicted octanol–water partition coefficient (Wildman–Crippen LogP) is 0.891. The smallest absolute Gasteiger partial charge is 0.344 e. The zero-order chi connectivity index (χ0) is 12.7. The average molecular weight is 248 g/mol. The van der Waals surface area contributed by atoms with E-state index in [1.165, 1.54) is 7.11 Å². The zero-order valence-electron chi connectivity index (χ0n) is 9.39. The maximum atomic E-state index is 11.6. The molecule has 0 bridgehead atoms. The van der Waals surface area contributed by atoms with Crippen molar-refractivity contribution in [3.63, 3.8) is 0 Å². The van der Waals surface area contributed by atoms with Crippen LogP contribution in [0.25, 0.3) is 5.57 Å². The van der Waals surface area contributed by atoms with Crippen LogP contribution in [0.3, 0.4) is 0 Å². The monoisotopic (exact) mass is 248 g/mol. The standard InChI is InChI=1S/C12H8O6/c1-15-11(13)3-7-6-2-9-10(17-5-16-9)4-8(6)18-12(7)14/h2-4H,5H2,1H3/b7-3+. The molecule has 0 N–H and O–H groups in total. The van der Waals surface area contributed by atoms with Crippen molar-refractivity contribution in [3.05, 3.63) is 23.8 Å².